The third-order valence-corrected chi connectivity index (χ3v) is 4.47. The van der Waals surface area contributed by atoms with E-state index in [1.165, 1.54) is 5.56 Å². The first-order valence-corrected chi connectivity index (χ1v) is 10.1. The van der Waals surface area contributed by atoms with Crippen molar-refractivity contribution in [1.29, 1.82) is 0 Å². The van der Waals surface area contributed by atoms with E-state index < -0.39 is 0 Å². The molecule has 0 saturated carbocycles. The van der Waals surface area contributed by atoms with Crippen LogP contribution in [0.4, 0.5) is 0 Å². The molecule has 0 unspecified atom stereocenters. The van der Waals surface area contributed by atoms with Crippen molar-refractivity contribution in [3.63, 3.8) is 0 Å². The number of aryl methyl sites for hydroxylation is 1. The molecule has 1 amide bonds. The number of hydrogen-bond donors (Lipinski definition) is 3. The van der Waals surface area contributed by atoms with Crippen molar-refractivity contribution < 1.29 is 14.3 Å². The van der Waals surface area contributed by atoms with Gasteiger partial charge in [-0.15, -0.1) is 24.0 Å². The number of aliphatic imine (C=N–C) groups is 1. The van der Waals surface area contributed by atoms with Gasteiger partial charge in [0.05, 0.1) is 14.2 Å². The third-order valence-electron chi connectivity index (χ3n) is 4.47. The number of ether oxygens (including phenoxy) is 2. The van der Waals surface area contributed by atoms with Crippen molar-refractivity contribution in [2.75, 3.05) is 40.4 Å². The second-order valence-electron chi connectivity index (χ2n) is 6.74. The van der Waals surface area contributed by atoms with Crippen molar-refractivity contribution in [3.8, 4) is 11.5 Å². The smallest absolute Gasteiger partial charge is 0.251 e. The first kappa shape index (κ1) is 26.5. The molecule has 0 aromatic heterocycles. The van der Waals surface area contributed by atoms with Crippen molar-refractivity contribution in [2.45, 2.75) is 20.3 Å². The molecule has 0 aliphatic carbocycles. The summed E-state index contributed by atoms with van der Waals surface area (Å²) in [4.78, 5) is 16.9. The quantitative estimate of drug-likeness (QED) is 0.187. The minimum atomic E-state index is -0.135. The van der Waals surface area contributed by atoms with Gasteiger partial charge in [0.2, 0.25) is 0 Å². The fourth-order valence-electron chi connectivity index (χ4n) is 2.96. The lowest BCUT2D eigenvalue weighted by molar-refractivity contribution is 0.0954. The second kappa shape index (κ2) is 14.5. The van der Waals surface area contributed by atoms with E-state index >= 15 is 0 Å². The third kappa shape index (κ3) is 9.04. The predicted molar refractivity (Wildman–Crippen MR) is 136 cm³/mol. The van der Waals surface area contributed by atoms with Crippen LogP contribution in [0.1, 0.15) is 28.4 Å². The van der Waals surface area contributed by atoms with Gasteiger partial charge in [0.25, 0.3) is 5.91 Å². The van der Waals surface area contributed by atoms with Gasteiger partial charge >= 0.3 is 0 Å². The summed E-state index contributed by atoms with van der Waals surface area (Å²) in [5, 5.41) is 9.36. The number of benzene rings is 2. The summed E-state index contributed by atoms with van der Waals surface area (Å²) in [6, 6.07) is 13.2. The number of rotatable bonds is 10. The monoisotopic (exact) mass is 540 g/mol. The van der Waals surface area contributed by atoms with Crippen LogP contribution in [0.2, 0.25) is 0 Å². The molecule has 2 aromatic rings. The summed E-state index contributed by atoms with van der Waals surface area (Å²) < 4.78 is 10.6. The molecular formula is C23H33IN4O3. The van der Waals surface area contributed by atoms with Crippen molar-refractivity contribution >= 4 is 35.8 Å². The molecule has 0 aliphatic heterocycles. The number of guanidine groups is 1. The highest BCUT2D eigenvalue weighted by atomic mass is 127. The number of hydrogen-bond acceptors (Lipinski definition) is 4. The Kier molecular flexibility index (Phi) is 12.4. The second-order valence-corrected chi connectivity index (χ2v) is 6.74. The SMILES string of the molecule is CCNC(=NCCc1cc(C)ccc1OC)NCCNC(=O)c1cccc(OC)c1.I. The highest BCUT2D eigenvalue weighted by molar-refractivity contribution is 14.0. The predicted octanol–water partition coefficient (Wildman–Crippen LogP) is 3.16. The van der Waals surface area contributed by atoms with Gasteiger partial charge in [0.1, 0.15) is 11.5 Å². The molecule has 2 aromatic carbocycles. The maximum Gasteiger partial charge on any atom is 0.251 e. The molecule has 31 heavy (non-hydrogen) atoms. The van der Waals surface area contributed by atoms with Crippen LogP contribution in [-0.4, -0.2) is 52.3 Å². The Morgan fingerprint density at radius 1 is 1.00 bits per heavy atom. The molecule has 0 aliphatic rings. The van der Waals surface area contributed by atoms with Crippen LogP contribution in [-0.2, 0) is 6.42 Å². The molecule has 8 heteroatoms. The van der Waals surface area contributed by atoms with E-state index in [0.29, 0.717) is 30.9 Å². The van der Waals surface area contributed by atoms with Crippen LogP contribution >= 0.6 is 24.0 Å². The van der Waals surface area contributed by atoms with Crippen LogP contribution in [0.15, 0.2) is 47.5 Å². The molecule has 170 valence electrons. The molecule has 3 N–H and O–H groups in total. The van der Waals surface area contributed by atoms with E-state index in [1.807, 2.05) is 25.1 Å². The van der Waals surface area contributed by atoms with Crippen molar-refractivity contribution in [2.24, 2.45) is 4.99 Å². The molecule has 0 saturated heterocycles. The lowest BCUT2D eigenvalue weighted by Crippen LogP contribution is -2.41. The molecule has 2 rings (SSSR count). The molecule has 7 nitrogen and oxygen atoms in total. The first-order chi connectivity index (χ1) is 14.6. The van der Waals surface area contributed by atoms with Gasteiger partial charge in [-0.25, -0.2) is 0 Å². The Labute approximate surface area is 202 Å². The number of nitrogens with zero attached hydrogens (tertiary/aromatic N) is 1. The maximum absolute atomic E-state index is 12.2. The molecule has 0 atom stereocenters. The van der Waals surface area contributed by atoms with E-state index in [-0.39, 0.29) is 29.9 Å². The Balaban J connectivity index is 0.00000480. The number of carbonyl (C=O) groups excluding carboxylic acids is 1. The molecule has 0 spiro atoms. The van der Waals surface area contributed by atoms with Crippen LogP contribution in [0, 0.1) is 6.92 Å². The van der Waals surface area contributed by atoms with Gasteiger partial charge < -0.3 is 25.4 Å². The lowest BCUT2D eigenvalue weighted by atomic mass is 10.1. The van der Waals surface area contributed by atoms with Crippen LogP contribution in [0.3, 0.4) is 0 Å². The number of nitrogens with one attached hydrogen (secondary N) is 3. The minimum absolute atomic E-state index is 0. The number of amides is 1. The zero-order valence-electron chi connectivity index (χ0n) is 18.7. The number of methoxy groups -OCH3 is 2. The minimum Gasteiger partial charge on any atom is -0.497 e. The maximum atomic E-state index is 12.2. The number of carbonyl (C=O) groups is 1. The fourth-order valence-corrected chi connectivity index (χ4v) is 2.96. The molecule has 0 bridgehead atoms. The van der Waals surface area contributed by atoms with E-state index in [2.05, 4.69) is 33.9 Å². The summed E-state index contributed by atoms with van der Waals surface area (Å²) >= 11 is 0. The van der Waals surface area contributed by atoms with Gasteiger partial charge in [-0.1, -0.05) is 23.8 Å². The van der Waals surface area contributed by atoms with Crippen LogP contribution in [0.5, 0.6) is 11.5 Å². The van der Waals surface area contributed by atoms with Crippen molar-refractivity contribution in [3.05, 3.63) is 59.2 Å². The molecule has 0 radical (unpaired) electrons. The largest absolute Gasteiger partial charge is 0.497 e. The van der Waals surface area contributed by atoms with Crippen LogP contribution < -0.4 is 25.4 Å². The summed E-state index contributed by atoms with van der Waals surface area (Å²) in [5.74, 6) is 2.13. The number of halogens is 1. The Hall–Kier alpha value is -2.49. The highest BCUT2D eigenvalue weighted by Crippen LogP contribution is 2.20. The average Bonchev–Trinajstić information content (AvgIpc) is 2.76. The first-order valence-electron chi connectivity index (χ1n) is 10.1. The topological polar surface area (TPSA) is 84.0 Å². The van der Waals surface area contributed by atoms with E-state index in [9.17, 15) is 4.79 Å². The molecule has 0 fully saturated rings. The molecular weight excluding hydrogens is 507 g/mol. The zero-order valence-corrected chi connectivity index (χ0v) is 21.0. The Bertz CT molecular complexity index is 858. The van der Waals surface area contributed by atoms with E-state index in [4.69, 9.17) is 9.47 Å². The normalized spacial score (nSPS) is 10.6. The summed E-state index contributed by atoms with van der Waals surface area (Å²) in [5.41, 5.74) is 2.91. The standard InChI is InChI=1S/C23H32N4O3.HI/c1-5-24-23(26-12-11-18-15-17(2)9-10-21(18)30-4)27-14-13-25-22(28)19-7-6-8-20(16-19)29-3;/h6-10,15-16H,5,11-14H2,1-4H3,(H,25,28)(H2,24,26,27);1H. The van der Waals surface area contributed by atoms with Gasteiger partial charge in [-0.3, -0.25) is 9.79 Å². The van der Waals surface area contributed by atoms with Gasteiger partial charge in [0, 0.05) is 31.7 Å². The van der Waals surface area contributed by atoms with Gasteiger partial charge in [0.15, 0.2) is 5.96 Å². The highest BCUT2D eigenvalue weighted by Gasteiger charge is 2.06. The van der Waals surface area contributed by atoms with Gasteiger partial charge in [-0.2, -0.15) is 0 Å². The Morgan fingerprint density at radius 2 is 1.77 bits per heavy atom. The fraction of sp³-hybridized carbons (Fsp3) is 0.391. The van der Waals surface area contributed by atoms with Gasteiger partial charge in [-0.05, 0) is 50.1 Å². The van der Waals surface area contributed by atoms with Crippen LogP contribution in [0.25, 0.3) is 0 Å². The summed E-state index contributed by atoms with van der Waals surface area (Å²) in [6.07, 6.45) is 0.786. The Morgan fingerprint density at radius 3 is 2.48 bits per heavy atom. The average molecular weight is 540 g/mol. The summed E-state index contributed by atoms with van der Waals surface area (Å²) in [7, 11) is 3.26. The molecule has 0 heterocycles. The van der Waals surface area contributed by atoms with Crippen molar-refractivity contribution in [1.82, 2.24) is 16.0 Å². The van der Waals surface area contributed by atoms with E-state index in [1.54, 1.807) is 32.4 Å². The van der Waals surface area contributed by atoms with E-state index in [0.717, 1.165) is 30.2 Å². The summed E-state index contributed by atoms with van der Waals surface area (Å²) in [6.45, 7) is 6.52. The zero-order chi connectivity index (χ0) is 21.8. The lowest BCUT2D eigenvalue weighted by Gasteiger charge is -2.13.